The standard InChI is InChI=1S/C28H24N2O/c31-26-6-2-5-25-23-13-18(15-30(25)26)14-29(17-23)16-22-10-9-21-8-7-19-3-1-4-20-11-12-24(22)28(21)27(19)20/h1-12,18,23H,13-17H2/p+1/t18-,23+/m1/s1. The van der Waals surface area contributed by atoms with Gasteiger partial charge in [-0.05, 0) is 44.8 Å². The van der Waals surface area contributed by atoms with E-state index < -0.39 is 0 Å². The molecule has 1 N–H and O–H groups in total. The summed E-state index contributed by atoms with van der Waals surface area (Å²) < 4.78 is 2.03. The van der Waals surface area contributed by atoms with Crippen molar-refractivity contribution in [3.8, 4) is 0 Å². The second-order valence-electron chi connectivity index (χ2n) is 9.61. The number of quaternary nitrogens is 1. The minimum absolute atomic E-state index is 0.169. The van der Waals surface area contributed by atoms with Crippen LogP contribution >= 0.6 is 0 Å². The fourth-order valence-corrected chi connectivity index (χ4v) is 6.48. The van der Waals surface area contributed by atoms with E-state index in [1.165, 1.54) is 50.0 Å². The SMILES string of the molecule is O=c1cccc2n1C[C@@H]1C[C@H]2C[NH+](Cc2ccc3ccc4cccc5ccc2c3c45)C1. The summed E-state index contributed by atoms with van der Waals surface area (Å²) in [7, 11) is 0. The third kappa shape index (κ3) is 2.60. The van der Waals surface area contributed by atoms with Crippen molar-refractivity contribution < 1.29 is 4.90 Å². The van der Waals surface area contributed by atoms with Crippen molar-refractivity contribution in [2.24, 2.45) is 5.92 Å². The van der Waals surface area contributed by atoms with Crippen LogP contribution in [0.1, 0.15) is 23.6 Å². The molecule has 0 spiro atoms. The quantitative estimate of drug-likeness (QED) is 0.442. The third-order valence-corrected chi connectivity index (χ3v) is 7.73. The Labute approximate surface area is 180 Å². The first-order valence-electron chi connectivity index (χ1n) is 11.4. The van der Waals surface area contributed by atoms with Crippen molar-refractivity contribution in [1.29, 1.82) is 0 Å². The first-order valence-corrected chi connectivity index (χ1v) is 11.4. The van der Waals surface area contributed by atoms with Crippen molar-refractivity contribution >= 4 is 32.3 Å². The van der Waals surface area contributed by atoms with Gasteiger partial charge in [-0.25, -0.2) is 0 Å². The maximum atomic E-state index is 12.3. The number of nitrogens with zero attached hydrogens (tertiary/aromatic N) is 1. The lowest BCUT2D eigenvalue weighted by molar-refractivity contribution is -0.924. The predicted molar refractivity (Wildman–Crippen MR) is 126 cm³/mol. The fourth-order valence-electron chi connectivity index (χ4n) is 6.48. The summed E-state index contributed by atoms with van der Waals surface area (Å²) >= 11 is 0. The van der Waals surface area contributed by atoms with Gasteiger partial charge >= 0.3 is 0 Å². The number of pyridine rings is 1. The van der Waals surface area contributed by atoms with Gasteiger partial charge in [0.25, 0.3) is 5.56 Å². The zero-order chi connectivity index (χ0) is 20.5. The van der Waals surface area contributed by atoms with Crippen LogP contribution in [0.5, 0.6) is 0 Å². The number of nitrogens with one attached hydrogen (secondary N) is 1. The summed E-state index contributed by atoms with van der Waals surface area (Å²) in [6, 6.07) is 26.2. The summed E-state index contributed by atoms with van der Waals surface area (Å²) in [5.41, 5.74) is 2.87. The molecule has 0 radical (unpaired) electrons. The highest BCUT2D eigenvalue weighted by molar-refractivity contribution is 6.23. The van der Waals surface area contributed by atoms with Crippen LogP contribution in [0.25, 0.3) is 32.3 Å². The summed E-state index contributed by atoms with van der Waals surface area (Å²) in [6.45, 7) is 4.20. The van der Waals surface area contributed by atoms with Crippen LogP contribution in [-0.2, 0) is 13.1 Å². The molecule has 1 saturated heterocycles. The molecule has 3 heteroatoms. The summed E-state index contributed by atoms with van der Waals surface area (Å²) in [6.07, 6.45) is 1.23. The summed E-state index contributed by atoms with van der Waals surface area (Å²) in [4.78, 5) is 14.0. The number of fused-ring (bicyclic) bond motifs is 4. The first kappa shape index (κ1) is 17.5. The van der Waals surface area contributed by atoms with Crippen LogP contribution in [0.4, 0.5) is 0 Å². The van der Waals surface area contributed by atoms with Crippen molar-refractivity contribution in [3.63, 3.8) is 0 Å². The molecule has 152 valence electrons. The Hall–Kier alpha value is -3.17. The maximum absolute atomic E-state index is 12.3. The lowest BCUT2D eigenvalue weighted by Crippen LogP contribution is -3.13. The lowest BCUT2D eigenvalue weighted by atomic mass is 9.83. The Morgan fingerprint density at radius 3 is 2.42 bits per heavy atom. The van der Waals surface area contributed by atoms with Gasteiger partial charge in [0.1, 0.15) is 6.54 Å². The van der Waals surface area contributed by atoms with Crippen LogP contribution in [0, 0.1) is 5.92 Å². The Morgan fingerprint density at radius 1 is 0.806 bits per heavy atom. The molecule has 0 saturated carbocycles. The molecule has 4 aromatic carbocycles. The van der Waals surface area contributed by atoms with E-state index in [4.69, 9.17) is 0 Å². The number of benzene rings is 4. The van der Waals surface area contributed by atoms with Gasteiger partial charge in [-0.3, -0.25) is 4.79 Å². The van der Waals surface area contributed by atoms with Gasteiger partial charge in [-0.2, -0.15) is 0 Å². The number of hydrogen-bond acceptors (Lipinski definition) is 1. The second kappa shape index (κ2) is 6.41. The molecule has 0 amide bonds. The number of piperidine rings is 1. The monoisotopic (exact) mass is 405 g/mol. The molecule has 31 heavy (non-hydrogen) atoms. The average Bonchev–Trinajstić information content (AvgIpc) is 2.79. The van der Waals surface area contributed by atoms with Crippen molar-refractivity contribution in [2.75, 3.05) is 13.1 Å². The second-order valence-corrected chi connectivity index (χ2v) is 9.61. The molecule has 2 aliphatic heterocycles. The van der Waals surface area contributed by atoms with E-state index in [9.17, 15) is 4.79 Å². The molecule has 1 aromatic heterocycles. The van der Waals surface area contributed by atoms with Crippen LogP contribution in [0.3, 0.4) is 0 Å². The van der Waals surface area contributed by atoms with Gasteiger partial charge in [0.05, 0.1) is 13.1 Å². The zero-order valence-corrected chi connectivity index (χ0v) is 17.5. The minimum atomic E-state index is 0.169. The van der Waals surface area contributed by atoms with E-state index in [-0.39, 0.29) is 5.56 Å². The van der Waals surface area contributed by atoms with E-state index in [1.54, 1.807) is 11.0 Å². The highest BCUT2D eigenvalue weighted by Crippen LogP contribution is 2.36. The lowest BCUT2D eigenvalue weighted by Gasteiger charge is -2.40. The zero-order valence-electron chi connectivity index (χ0n) is 17.5. The molecule has 2 bridgehead atoms. The van der Waals surface area contributed by atoms with Gasteiger partial charge in [-0.15, -0.1) is 0 Å². The topological polar surface area (TPSA) is 26.4 Å². The van der Waals surface area contributed by atoms with Crippen LogP contribution in [0.2, 0.25) is 0 Å². The highest BCUT2D eigenvalue weighted by atomic mass is 16.1. The van der Waals surface area contributed by atoms with Gasteiger partial charge in [0, 0.05) is 35.7 Å². The fraction of sp³-hybridized carbons (Fsp3) is 0.250. The smallest absolute Gasteiger partial charge is 0.250 e. The largest absolute Gasteiger partial charge is 0.330 e. The van der Waals surface area contributed by atoms with Gasteiger partial charge in [0.15, 0.2) is 0 Å². The molecule has 3 heterocycles. The maximum Gasteiger partial charge on any atom is 0.250 e. The van der Waals surface area contributed by atoms with Crippen molar-refractivity contribution in [2.45, 2.75) is 25.4 Å². The molecule has 2 aliphatic rings. The van der Waals surface area contributed by atoms with E-state index in [0.717, 1.165) is 26.2 Å². The molecule has 3 atom stereocenters. The number of rotatable bonds is 2. The van der Waals surface area contributed by atoms with Gasteiger partial charge in [-0.1, -0.05) is 60.7 Å². The Balaban J connectivity index is 1.29. The number of likely N-dealkylation sites (tertiary alicyclic amines) is 1. The first-order chi connectivity index (χ1) is 15.2. The molecule has 1 fully saturated rings. The third-order valence-electron chi connectivity index (χ3n) is 7.73. The van der Waals surface area contributed by atoms with Crippen LogP contribution in [0.15, 0.2) is 77.6 Å². The van der Waals surface area contributed by atoms with E-state index >= 15 is 0 Å². The van der Waals surface area contributed by atoms with Crippen LogP contribution in [-0.4, -0.2) is 17.7 Å². The number of aromatic nitrogens is 1. The normalized spacial score (nSPS) is 22.9. The van der Waals surface area contributed by atoms with Gasteiger partial charge in [0.2, 0.25) is 0 Å². The van der Waals surface area contributed by atoms with E-state index in [2.05, 4.69) is 60.7 Å². The average molecular weight is 406 g/mol. The molecule has 3 nitrogen and oxygen atoms in total. The van der Waals surface area contributed by atoms with E-state index in [0.29, 0.717) is 11.8 Å². The molecule has 0 aliphatic carbocycles. The summed E-state index contributed by atoms with van der Waals surface area (Å²) in [5.74, 6) is 1.09. The van der Waals surface area contributed by atoms with Gasteiger partial charge < -0.3 is 9.47 Å². The van der Waals surface area contributed by atoms with Crippen LogP contribution < -0.4 is 10.5 Å². The molecule has 1 unspecified atom stereocenters. The van der Waals surface area contributed by atoms with E-state index in [1.807, 2.05) is 10.6 Å². The predicted octanol–water partition coefficient (Wildman–Crippen LogP) is 3.95. The Bertz CT molecular complexity index is 1500. The van der Waals surface area contributed by atoms with Crippen molar-refractivity contribution in [3.05, 3.63) is 94.4 Å². The Kier molecular flexibility index (Phi) is 3.62. The number of hydrogen-bond donors (Lipinski definition) is 1. The highest BCUT2D eigenvalue weighted by Gasteiger charge is 2.37. The minimum Gasteiger partial charge on any atom is -0.330 e. The molecular formula is C28H25N2O+. The molecule has 7 rings (SSSR count). The Morgan fingerprint density at radius 2 is 1.55 bits per heavy atom. The summed E-state index contributed by atoms with van der Waals surface area (Å²) in [5, 5.41) is 8.22. The molecular weight excluding hydrogens is 380 g/mol. The van der Waals surface area contributed by atoms with Crippen molar-refractivity contribution in [1.82, 2.24) is 4.57 Å². The molecule has 5 aromatic rings.